The summed E-state index contributed by atoms with van der Waals surface area (Å²) in [7, 11) is -3.70. The molecule has 0 saturated carbocycles. The highest BCUT2D eigenvalue weighted by Gasteiger charge is 2.17. The number of aromatic hydroxyl groups is 1. The number of phenolic OH excluding ortho intramolecular Hbond substituents is 1. The van der Waals surface area contributed by atoms with Crippen molar-refractivity contribution < 1.29 is 17.9 Å². The summed E-state index contributed by atoms with van der Waals surface area (Å²) < 4.78 is 41.0. The maximum atomic E-state index is 13.3. The highest BCUT2D eigenvalue weighted by Crippen LogP contribution is 2.33. The van der Waals surface area contributed by atoms with Crippen molar-refractivity contribution in [3.8, 4) is 16.9 Å². The van der Waals surface area contributed by atoms with Crippen LogP contribution in [0.2, 0.25) is 0 Å². The van der Waals surface area contributed by atoms with E-state index in [1.54, 1.807) is 12.3 Å². The lowest BCUT2D eigenvalue weighted by Gasteiger charge is -2.08. The molecule has 0 aliphatic rings. The summed E-state index contributed by atoms with van der Waals surface area (Å²) in [5.74, 6) is -0.517. The predicted octanol–water partition coefficient (Wildman–Crippen LogP) is 3.39. The zero-order chi connectivity index (χ0) is 17.3. The molecule has 1 aromatic heterocycles. The second kappa shape index (κ2) is 6.69. The van der Waals surface area contributed by atoms with Gasteiger partial charge in [0.25, 0.3) is 0 Å². The van der Waals surface area contributed by atoms with Crippen molar-refractivity contribution >= 4 is 43.5 Å². The van der Waals surface area contributed by atoms with Crippen molar-refractivity contribution in [2.24, 2.45) is 0 Å². The minimum Gasteiger partial charge on any atom is -0.508 e. The van der Waals surface area contributed by atoms with Crippen LogP contribution < -0.4 is 4.72 Å². The van der Waals surface area contributed by atoms with E-state index >= 15 is 0 Å². The van der Waals surface area contributed by atoms with Gasteiger partial charge in [0.1, 0.15) is 11.6 Å². The molecule has 3 N–H and O–H groups in total. The van der Waals surface area contributed by atoms with E-state index in [-0.39, 0.29) is 16.5 Å². The average molecular weight is 460 g/mol. The number of H-pyrrole nitrogens is 1. The Hall–Kier alpha value is -1.65. The number of hydrogen-bond donors (Lipinski definition) is 3. The molecular formula is C16H14FIN2O3S. The first-order chi connectivity index (χ1) is 11.4. The minimum absolute atomic E-state index is 0.0150. The lowest BCUT2D eigenvalue weighted by Crippen LogP contribution is -2.25. The van der Waals surface area contributed by atoms with Crippen LogP contribution in [0, 0.1) is 5.82 Å². The van der Waals surface area contributed by atoms with Gasteiger partial charge in [-0.1, -0.05) is 22.6 Å². The zero-order valence-electron chi connectivity index (χ0n) is 12.4. The Morgan fingerprint density at radius 2 is 2.00 bits per heavy atom. The number of aromatic amines is 1. The lowest BCUT2D eigenvalue weighted by molar-refractivity contribution is 0.473. The van der Waals surface area contributed by atoms with Crippen LogP contribution in [0.25, 0.3) is 22.0 Å². The van der Waals surface area contributed by atoms with Crippen LogP contribution in [0.1, 0.15) is 0 Å². The predicted molar refractivity (Wildman–Crippen MR) is 99.4 cm³/mol. The van der Waals surface area contributed by atoms with Gasteiger partial charge in [-0.3, -0.25) is 0 Å². The number of fused-ring (bicyclic) bond motifs is 1. The van der Waals surface area contributed by atoms with Crippen LogP contribution in [0.4, 0.5) is 4.39 Å². The average Bonchev–Trinajstić information content (AvgIpc) is 2.95. The summed E-state index contributed by atoms with van der Waals surface area (Å²) in [6.07, 6.45) is 1.66. The minimum atomic E-state index is -3.70. The summed E-state index contributed by atoms with van der Waals surface area (Å²) in [5.41, 5.74) is 1.81. The van der Waals surface area contributed by atoms with Crippen LogP contribution in [-0.2, 0) is 10.0 Å². The van der Waals surface area contributed by atoms with Gasteiger partial charge in [0.2, 0.25) is 10.0 Å². The van der Waals surface area contributed by atoms with Crippen molar-refractivity contribution in [1.29, 1.82) is 0 Å². The molecule has 0 aliphatic carbocycles. The standard InChI is InChI=1S/C16H14FIN2O3S/c17-11-1-2-14-15(9-19-16(14)7-11)10-5-12(21)8-13(6-10)24(22,23)20-4-3-18/h1-2,5-9,19-21H,3-4H2. The van der Waals surface area contributed by atoms with Crippen molar-refractivity contribution in [3.05, 3.63) is 48.4 Å². The molecule has 5 nitrogen and oxygen atoms in total. The number of sulfonamides is 1. The zero-order valence-corrected chi connectivity index (χ0v) is 15.4. The number of hydrogen-bond acceptors (Lipinski definition) is 3. The van der Waals surface area contributed by atoms with E-state index in [1.807, 2.05) is 0 Å². The first-order valence-electron chi connectivity index (χ1n) is 7.07. The Morgan fingerprint density at radius 1 is 1.21 bits per heavy atom. The molecule has 2 aromatic carbocycles. The highest BCUT2D eigenvalue weighted by molar-refractivity contribution is 14.1. The monoisotopic (exact) mass is 460 g/mol. The van der Waals surface area contributed by atoms with Crippen LogP contribution in [0.15, 0.2) is 47.5 Å². The summed E-state index contributed by atoms with van der Waals surface area (Å²) in [5, 5.41) is 10.7. The summed E-state index contributed by atoms with van der Waals surface area (Å²) in [6, 6.07) is 8.48. The van der Waals surface area contributed by atoms with E-state index in [1.165, 1.54) is 30.3 Å². The maximum Gasteiger partial charge on any atom is 0.240 e. The third kappa shape index (κ3) is 3.40. The van der Waals surface area contributed by atoms with Crippen molar-refractivity contribution in [2.45, 2.75) is 4.90 Å². The number of aromatic nitrogens is 1. The second-order valence-electron chi connectivity index (χ2n) is 5.19. The summed E-state index contributed by atoms with van der Waals surface area (Å²) >= 11 is 2.07. The maximum absolute atomic E-state index is 13.3. The Labute approximate surface area is 152 Å². The largest absolute Gasteiger partial charge is 0.508 e. The number of alkyl halides is 1. The third-order valence-corrected chi connectivity index (χ3v) is 5.52. The smallest absolute Gasteiger partial charge is 0.240 e. The molecule has 0 spiro atoms. The fourth-order valence-corrected chi connectivity index (χ4v) is 4.22. The molecule has 0 atom stereocenters. The van der Waals surface area contributed by atoms with Crippen LogP contribution in [0.5, 0.6) is 5.75 Å². The van der Waals surface area contributed by atoms with Crippen LogP contribution in [0.3, 0.4) is 0 Å². The Kier molecular flexibility index (Phi) is 4.79. The van der Waals surface area contributed by atoms with Gasteiger partial charge in [-0.25, -0.2) is 17.5 Å². The van der Waals surface area contributed by atoms with E-state index in [2.05, 4.69) is 32.3 Å². The van der Waals surface area contributed by atoms with Crippen molar-refractivity contribution in [3.63, 3.8) is 0 Å². The van der Waals surface area contributed by atoms with E-state index in [0.717, 1.165) is 5.39 Å². The Bertz CT molecular complexity index is 1000. The van der Waals surface area contributed by atoms with Crippen LogP contribution in [-0.4, -0.2) is 29.5 Å². The van der Waals surface area contributed by atoms with E-state index < -0.39 is 10.0 Å². The fourth-order valence-electron chi connectivity index (χ4n) is 2.49. The van der Waals surface area contributed by atoms with Gasteiger partial charge < -0.3 is 10.1 Å². The summed E-state index contributed by atoms with van der Waals surface area (Å²) in [6.45, 7) is 0.306. The van der Waals surface area contributed by atoms with E-state index in [9.17, 15) is 17.9 Å². The second-order valence-corrected chi connectivity index (χ2v) is 8.04. The lowest BCUT2D eigenvalue weighted by atomic mass is 10.0. The Morgan fingerprint density at radius 3 is 2.75 bits per heavy atom. The number of halogens is 2. The molecule has 0 unspecified atom stereocenters. The topological polar surface area (TPSA) is 82.2 Å². The quantitative estimate of drug-likeness (QED) is 0.404. The number of nitrogens with one attached hydrogen (secondary N) is 2. The van der Waals surface area contributed by atoms with Gasteiger partial charge in [0, 0.05) is 33.6 Å². The molecule has 0 fully saturated rings. The van der Waals surface area contributed by atoms with Crippen LogP contribution >= 0.6 is 22.6 Å². The van der Waals surface area contributed by atoms with E-state index in [4.69, 9.17) is 0 Å². The summed E-state index contributed by atoms with van der Waals surface area (Å²) in [4.78, 5) is 2.94. The molecule has 8 heteroatoms. The molecule has 1 heterocycles. The molecule has 0 aliphatic heterocycles. The highest BCUT2D eigenvalue weighted by atomic mass is 127. The van der Waals surface area contributed by atoms with Gasteiger partial charge in [0.05, 0.1) is 4.90 Å². The van der Waals surface area contributed by atoms with Gasteiger partial charge in [0.15, 0.2) is 0 Å². The Balaban J connectivity index is 2.11. The number of benzene rings is 2. The first-order valence-corrected chi connectivity index (χ1v) is 10.1. The third-order valence-electron chi connectivity index (χ3n) is 3.54. The molecule has 0 saturated heterocycles. The van der Waals surface area contributed by atoms with Crippen molar-refractivity contribution in [2.75, 3.05) is 11.0 Å². The molecule has 3 rings (SSSR count). The first kappa shape index (κ1) is 17.2. The fraction of sp³-hybridized carbons (Fsp3) is 0.125. The molecular weight excluding hydrogens is 446 g/mol. The molecule has 126 valence electrons. The number of phenols is 1. The molecule has 3 aromatic rings. The molecule has 0 amide bonds. The molecule has 0 radical (unpaired) electrons. The molecule has 24 heavy (non-hydrogen) atoms. The van der Waals surface area contributed by atoms with Gasteiger partial charge in [-0.15, -0.1) is 0 Å². The number of rotatable bonds is 5. The normalized spacial score (nSPS) is 11.9. The van der Waals surface area contributed by atoms with E-state index in [0.29, 0.717) is 27.6 Å². The SMILES string of the molecule is O=S(=O)(NCCI)c1cc(O)cc(-c2c[nH]c3cc(F)ccc23)c1. The van der Waals surface area contributed by atoms with Crippen molar-refractivity contribution in [1.82, 2.24) is 9.71 Å². The molecule has 0 bridgehead atoms. The van der Waals surface area contributed by atoms with Gasteiger partial charge >= 0.3 is 0 Å². The van der Waals surface area contributed by atoms with Gasteiger partial charge in [-0.2, -0.15) is 0 Å². The van der Waals surface area contributed by atoms with Gasteiger partial charge in [-0.05, 0) is 42.0 Å².